The van der Waals surface area contributed by atoms with Crippen LogP contribution in [0.2, 0.25) is 0 Å². The van der Waals surface area contributed by atoms with Crippen molar-refractivity contribution in [3.8, 4) is 5.75 Å². The Hall–Kier alpha value is -2.82. The highest BCUT2D eigenvalue weighted by Crippen LogP contribution is 2.26. The van der Waals surface area contributed by atoms with E-state index in [4.69, 9.17) is 9.57 Å². The quantitative estimate of drug-likeness (QED) is 0.689. The Kier molecular flexibility index (Phi) is 4.57. The van der Waals surface area contributed by atoms with E-state index < -0.39 is 6.09 Å². The Balaban J connectivity index is 1.72. The van der Waals surface area contributed by atoms with Crippen molar-refractivity contribution >= 4 is 17.5 Å². The van der Waals surface area contributed by atoms with Gasteiger partial charge in [-0.1, -0.05) is 29.4 Å². The molecular formula is C18H18N2O3. The third-order valence-corrected chi connectivity index (χ3v) is 3.75. The number of hydrogen-bond donors (Lipinski definition) is 1. The van der Waals surface area contributed by atoms with Gasteiger partial charge in [-0.2, -0.15) is 0 Å². The summed E-state index contributed by atoms with van der Waals surface area (Å²) in [5, 5.41) is 6.68. The number of carbonyl (C=O) groups is 1. The molecular weight excluding hydrogens is 292 g/mol. The molecule has 0 radical (unpaired) electrons. The van der Waals surface area contributed by atoms with E-state index in [1.807, 2.05) is 36.4 Å². The van der Waals surface area contributed by atoms with Gasteiger partial charge < -0.3 is 4.74 Å². The SMILES string of the molecule is COc1ccc2c(c1)C(=NOC(=O)Nc1ccccc1)CCC2. The molecule has 5 heteroatoms. The predicted molar refractivity (Wildman–Crippen MR) is 89.0 cm³/mol. The van der Waals surface area contributed by atoms with Crippen molar-refractivity contribution in [3.05, 3.63) is 59.7 Å². The van der Waals surface area contributed by atoms with Gasteiger partial charge >= 0.3 is 6.09 Å². The molecule has 0 unspecified atom stereocenters. The molecule has 0 spiro atoms. The lowest BCUT2D eigenvalue weighted by Crippen LogP contribution is -2.16. The van der Waals surface area contributed by atoms with Crippen molar-refractivity contribution in [2.24, 2.45) is 5.16 Å². The van der Waals surface area contributed by atoms with Gasteiger partial charge in [-0.05, 0) is 49.1 Å². The fourth-order valence-corrected chi connectivity index (χ4v) is 2.60. The zero-order chi connectivity index (χ0) is 16.1. The van der Waals surface area contributed by atoms with E-state index >= 15 is 0 Å². The van der Waals surface area contributed by atoms with Crippen LogP contribution in [0, 0.1) is 0 Å². The third-order valence-electron chi connectivity index (χ3n) is 3.75. The molecule has 1 amide bonds. The molecule has 0 heterocycles. The number of rotatable bonds is 3. The summed E-state index contributed by atoms with van der Waals surface area (Å²) >= 11 is 0. The van der Waals surface area contributed by atoms with Gasteiger partial charge in [0.25, 0.3) is 0 Å². The van der Waals surface area contributed by atoms with Crippen molar-refractivity contribution in [2.45, 2.75) is 19.3 Å². The highest BCUT2D eigenvalue weighted by Gasteiger charge is 2.17. The van der Waals surface area contributed by atoms with Gasteiger partial charge in [0.05, 0.1) is 12.8 Å². The summed E-state index contributed by atoms with van der Waals surface area (Å²) in [4.78, 5) is 16.8. The monoisotopic (exact) mass is 310 g/mol. The summed E-state index contributed by atoms with van der Waals surface area (Å²) in [6.07, 6.45) is 2.16. The number of hydrogen-bond acceptors (Lipinski definition) is 4. The summed E-state index contributed by atoms with van der Waals surface area (Å²) in [6, 6.07) is 15.0. The average Bonchev–Trinajstić information content (AvgIpc) is 2.60. The van der Waals surface area contributed by atoms with Crippen LogP contribution in [-0.4, -0.2) is 18.9 Å². The lowest BCUT2D eigenvalue weighted by molar-refractivity contribution is 0.166. The van der Waals surface area contributed by atoms with Crippen LogP contribution in [-0.2, 0) is 11.3 Å². The fraction of sp³-hybridized carbons (Fsp3) is 0.222. The fourth-order valence-electron chi connectivity index (χ4n) is 2.60. The van der Waals surface area contributed by atoms with E-state index in [1.165, 1.54) is 5.56 Å². The van der Waals surface area contributed by atoms with Gasteiger partial charge in [-0.3, -0.25) is 10.2 Å². The van der Waals surface area contributed by atoms with Gasteiger partial charge in [-0.25, -0.2) is 4.79 Å². The summed E-state index contributed by atoms with van der Waals surface area (Å²) in [7, 11) is 1.63. The first-order chi connectivity index (χ1) is 11.3. The molecule has 23 heavy (non-hydrogen) atoms. The number of anilines is 1. The number of aryl methyl sites for hydroxylation is 1. The number of fused-ring (bicyclic) bond motifs is 1. The number of para-hydroxylation sites is 1. The molecule has 2 aromatic carbocycles. The largest absolute Gasteiger partial charge is 0.497 e. The van der Waals surface area contributed by atoms with E-state index in [1.54, 1.807) is 19.2 Å². The lowest BCUT2D eigenvalue weighted by Gasteiger charge is -2.18. The maximum Gasteiger partial charge on any atom is 0.437 e. The van der Waals surface area contributed by atoms with Gasteiger partial charge in [0.1, 0.15) is 5.75 Å². The molecule has 1 aliphatic carbocycles. The van der Waals surface area contributed by atoms with Crippen molar-refractivity contribution in [3.63, 3.8) is 0 Å². The van der Waals surface area contributed by atoms with E-state index in [9.17, 15) is 4.79 Å². The van der Waals surface area contributed by atoms with E-state index in [0.717, 1.165) is 36.3 Å². The number of methoxy groups -OCH3 is 1. The molecule has 2 aromatic rings. The van der Waals surface area contributed by atoms with Crippen LogP contribution < -0.4 is 10.1 Å². The second-order valence-electron chi connectivity index (χ2n) is 5.28. The first-order valence-electron chi connectivity index (χ1n) is 7.53. The molecule has 0 saturated carbocycles. The van der Waals surface area contributed by atoms with Crippen LogP contribution >= 0.6 is 0 Å². The van der Waals surface area contributed by atoms with Gasteiger partial charge in [-0.15, -0.1) is 0 Å². The number of nitrogens with one attached hydrogen (secondary N) is 1. The molecule has 0 saturated heterocycles. The molecule has 3 rings (SSSR count). The van der Waals surface area contributed by atoms with Gasteiger partial charge in [0.15, 0.2) is 0 Å². The standard InChI is InChI=1S/C18H18N2O3/c1-22-15-11-10-13-6-5-9-17(16(13)12-15)20-23-18(21)19-14-7-3-2-4-8-14/h2-4,7-8,10-12H,5-6,9H2,1H3,(H,19,21). The maximum atomic E-state index is 11.8. The molecule has 0 bridgehead atoms. The van der Waals surface area contributed by atoms with Gasteiger partial charge in [0, 0.05) is 11.3 Å². The van der Waals surface area contributed by atoms with E-state index in [0.29, 0.717) is 5.69 Å². The number of nitrogens with zero attached hydrogens (tertiary/aromatic N) is 1. The minimum Gasteiger partial charge on any atom is -0.497 e. The summed E-state index contributed by atoms with van der Waals surface area (Å²) in [6.45, 7) is 0. The van der Waals surface area contributed by atoms with Crippen molar-refractivity contribution in [1.82, 2.24) is 0 Å². The highest BCUT2D eigenvalue weighted by molar-refractivity contribution is 6.03. The van der Waals surface area contributed by atoms with Crippen molar-refractivity contribution in [2.75, 3.05) is 12.4 Å². The van der Waals surface area contributed by atoms with Crippen LogP contribution in [0.25, 0.3) is 0 Å². The summed E-state index contributed by atoms with van der Waals surface area (Å²) < 4.78 is 5.26. The normalized spacial score (nSPS) is 14.9. The number of oxime groups is 1. The van der Waals surface area contributed by atoms with Crippen LogP contribution in [0.4, 0.5) is 10.5 Å². The van der Waals surface area contributed by atoms with Crippen LogP contribution in [0.3, 0.4) is 0 Å². The Morgan fingerprint density at radius 3 is 2.74 bits per heavy atom. The van der Waals surface area contributed by atoms with Crippen LogP contribution in [0.5, 0.6) is 5.75 Å². The van der Waals surface area contributed by atoms with Gasteiger partial charge in [0.2, 0.25) is 0 Å². The number of ether oxygens (including phenoxy) is 1. The lowest BCUT2D eigenvalue weighted by atomic mass is 9.90. The molecule has 5 nitrogen and oxygen atoms in total. The smallest absolute Gasteiger partial charge is 0.437 e. The summed E-state index contributed by atoms with van der Waals surface area (Å²) in [5.74, 6) is 0.770. The molecule has 0 aromatic heterocycles. The van der Waals surface area contributed by atoms with Crippen molar-refractivity contribution in [1.29, 1.82) is 0 Å². The Labute approximate surface area is 134 Å². The highest BCUT2D eigenvalue weighted by atomic mass is 16.7. The van der Waals surface area contributed by atoms with Crippen LogP contribution in [0.15, 0.2) is 53.7 Å². The topological polar surface area (TPSA) is 59.9 Å². The second-order valence-corrected chi connectivity index (χ2v) is 5.28. The summed E-state index contributed by atoms with van der Waals surface area (Å²) in [5.41, 5.74) is 3.63. The minimum atomic E-state index is -0.598. The van der Waals surface area contributed by atoms with E-state index in [2.05, 4.69) is 10.5 Å². The number of carbonyl (C=O) groups excluding carboxylic acids is 1. The first kappa shape index (κ1) is 15.1. The average molecular weight is 310 g/mol. The number of amides is 1. The molecule has 0 atom stereocenters. The second kappa shape index (κ2) is 6.96. The zero-order valence-electron chi connectivity index (χ0n) is 12.9. The van der Waals surface area contributed by atoms with Crippen LogP contribution in [0.1, 0.15) is 24.0 Å². The molecule has 118 valence electrons. The Bertz CT molecular complexity index is 726. The van der Waals surface area contributed by atoms with Crippen molar-refractivity contribution < 1.29 is 14.4 Å². The zero-order valence-corrected chi connectivity index (χ0v) is 12.9. The Morgan fingerprint density at radius 1 is 1.13 bits per heavy atom. The molecule has 0 fully saturated rings. The molecule has 1 aliphatic rings. The van der Waals surface area contributed by atoms with E-state index in [-0.39, 0.29) is 0 Å². The molecule has 0 aliphatic heterocycles. The minimum absolute atomic E-state index is 0.598. The first-order valence-corrected chi connectivity index (χ1v) is 7.53. The third kappa shape index (κ3) is 3.69. The molecule has 1 N–H and O–H groups in total. The predicted octanol–water partition coefficient (Wildman–Crippen LogP) is 3.98. The number of benzene rings is 2. The Morgan fingerprint density at radius 2 is 1.96 bits per heavy atom. The maximum absolute atomic E-state index is 11.8.